The Morgan fingerprint density at radius 2 is 1.81 bits per heavy atom. The molecule has 3 heterocycles. The second-order valence-electron chi connectivity index (χ2n) is 9.61. The lowest BCUT2D eigenvalue weighted by atomic mass is 9.87. The summed E-state index contributed by atoms with van der Waals surface area (Å²) in [5, 5.41) is 4.11. The van der Waals surface area contributed by atoms with E-state index in [1.807, 2.05) is 36.1 Å². The van der Waals surface area contributed by atoms with Crippen LogP contribution in [0.2, 0.25) is 0 Å². The van der Waals surface area contributed by atoms with Gasteiger partial charge in [0, 0.05) is 60.0 Å². The van der Waals surface area contributed by atoms with Gasteiger partial charge in [-0.05, 0) is 38.8 Å². The molecule has 4 nitrogen and oxygen atoms in total. The molecule has 1 saturated heterocycles. The lowest BCUT2D eigenvalue weighted by Gasteiger charge is -2.43. The fraction of sp³-hybridized carbons (Fsp3) is 0.440. The molecule has 32 heavy (non-hydrogen) atoms. The van der Waals surface area contributed by atoms with Crippen molar-refractivity contribution >= 4 is 10.9 Å². The molecule has 0 radical (unpaired) electrons. The van der Waals surface area contributed by atoms with E-state index in [-0.39, 0.29) is 30.0 Å². The number of para-hydroxylation sites is 1. The van der Waals surface area contributed by atoms with Crippen molar-refractivity contribution in [3.8, 4) is 5.75 Å². The van der Waals surface area contributed by atoms with Gasteiger partial charge in [0.2, 0.25) is 0 Å². The third-order valence-corrected chi connectivity index (χ3v) is 6.45. The molecule has 1 aromatic heterocycles. The first-order chi connectivity index (χ1) is 15.2. The number of benzene rings is 2. The van der Waals surface area contributed by atoms with Crippen LogP contribution in [0.3, 0.4) is 0 Å². The zero-order valence-corrected chi connectivity index (χ0v) is 18.5. The molecule has 1 fully saturated rings. The van der Waals surface area contributed by atoms with Gasteiger partial charge in [0.05, 0.1) is 6.04 Å². The molecule has 2 atom stereocenters. The Morgan fingerprint density at radius 1 is 1.12 bits per heavy atom. The number of fused-ring (bicyclic) bond motifs is 3. The maximum atomic E-state index is 15.5. The summed E-state index contributed by atoms with van der Waals surface area (Å²) in [6, 6.07) is 9.47. The number of rotatable bonds is 5. The Labute approximate surface area is 185 Å². The Bertz CT molecular complexity index is 1130. The Balaban J connectivity index is 1.65. The predicted molar refractivity (Wildman–Crippen MR) is 119 cm³/mol. The number of H-pyrrole nitrogens is 1. The van der Waals surface area contributed by atoms with Crippen molar-refractivity contribution in [3.63, 3.8) is 0 Å². The van der Waals surface area contributed by atoms with Crippen LogP contribution in [0.15, 0.2) is 36.4 Å². The lowest BCUT2D eigenvalue weighted by Crippen LogP contribution is -2.50. The number of ether oxygens (including phenoxy) is 1. The van der Waals surface area contributed by atoms with Gasteiger partial charge in [0.1, 0.15) is 29.2 Å². The SMILES string of the molecule is C[C@@H]1Cc2c([nH]c3ccccc23)[C@@H](c2c(F)cc(OC3CNC3)cc2F)N1CC(C)(C)F. The number of nitrogens with one attached hydrogen (secondary N) is 2. The fourth-order valence-corrected chi connectivity index (χ4v) is 4.93. The van der Waals surface area contributed by atoms with Gasteiger partial charge in [-0.15, -0.1) is 0 Å². The van der Waals surface area contributed by atoms with Gasteiger partial charge in [-0.25, -0.2) is 13.2 Å². The molecule has 170 valence electrons. The van der Waals surface area contributed by atoms with Gasteiger partial charge < -0.3 is 15.0 Å². The van der Waals surface area contributed by atoms with Crippen LogP contribution in [0.5, 0.6) is 5.75 Å². The van der Waals surface area contributed by atoms with E-state index < -0.39 is 23.3 Å². The van der Waals surface area contributed by atoms with Crippen molar-refractivity contribution in [1.82, 2.24) is 15.2 Å². The van der Waals surface area contributed by atoms with Gasteiger partial charge in [-0.1, -0.05) is 18.2 Å². The Hall–Kier alpha value is -2.51. The van der Waals surface area contributed by atoms with Gasteiger partial charge in [0.25, 0.3) is 0 Å². The molecule has 2 aromatic carbocycles. The van der Waals surface area contributed by atoms with Gasteiger partial charge in [-0.2, -0.15) is 0 Å². The highest BCUT2D eigenvalue weighted by Gasteiger charge is 2.41. The highest BCUT2D eigenvalue weighted by Crippen LogP contribution is 2.43. The van der Waals surface area contributed by atoms with Crippen molar-refractivity contribution in [2.45, 2.75) is 51.0 Å². The standard InChI is InChI=1S/C25H28F3N3O/c1-14-8-18-17-6-4-5-7-21(17)30-23(18)24(31(14)13-25(2,3)28)22-19(26)9-15(10-20(22)27)32-16-11-29-12-16/h4-7,9-10,14,16,24,29-30H,8,11-13H2,1-3H3/t14-,24-/m1/s1. The molecule has 2 aliphatic rings. The smallest absolute Gasteiger partial charge is 0.135 e. The molecule has 2 aliphatic heterocycles. The summed E-state index contributed by atoms with van der Waals surface area (Å²) in [6.07, 6.45) is 0.587. The second-order valence-corrected chi connectivity index (χ2v) is 9.61. The number of aromatic nitrogens is 1. The average molecular weight is 444 g/mol. The van der Waals surface area contributed by atoms with Gasteiger partial charge in [0.15, 0.2) is 0 Å². The van der Waals surface area contributed by atoms with Crippen molar-refractivity contribution in [3.05, 3.63) is 64.9 Å². The zero-order valence-electron chi connectivity index (χ0n) is 18.5. The summed E-state index contributed by atoms with van der Waals surface area (Å²) in [5.41, 5.74) is 1.07. The summed E-state index contributed by atoms with van der Waals surface area (Å²) in [6.45, 7) is 6.34. The molecule has 2 N–H and O–H groups in total. The van der Waals surface area contributed by atoms with Gasteiger partial charge in [-0.3, -0.25) is 4.90 Å². The zero-order chi connectivity index (χ0) is 22.6. The van der Waals surface area contributed by atoms with Gasteiger partial charge >= 0.3 is 0 Å². The number of hydrogen-bond donors (Lipinski definition) is 2. The van der Waals surface area contributed by atoms with E-state index in [0.29, 0.717) is 19.5 Å². The van der Waals surface area contributed by atoms with Crippen LogP contribution in [-0.2, 0) is 6.42 Å². The monoisotopic (exact) mass is 443 g/mol. The first-order valence-corrected chi connectivity index (χ1v) is 11.1. The van der Waals surface area contributed by atoms with Crippen LogP contribution >= 0.6 is 0 Å². The molecular formula is C25H28F3N3O. The predicted octanol–water partition coefficient (Wildman–Crippen LogP) is 4.88. The first kappa shape index (κ1) is 21.3. The maximum Gasteiger partial charge on any atom is 0.135 e. The van der Waals surface area contributed by atoms with E-state index in [2.05, 4.69) is 10.3 Å². The summed E-state index contributed by atoms with van der Waals surface area (Å²) in [4.78, 5) is 5.25. The van der Waals surface area contributed by atoms with Crippen molar-refractivity contribution in [1.29, 1.82) is 0 Å². The summed E-state index contributed by atoms with van der Waals surface area (Å²) in [7, 11) is 0. The van der Waals surface area contributed by atoms with Crippen molar-refractivity contribution < 1.29 is 17.9 Å². The minimum Gasteiger partial charge on any atom is -0.488 e. The topological polar surface area (TPSA) is 40.3 Å². The van der Waals surface area contributed by atoms with E-state index in [1.54, 1.807) is 0 Å². The molecule has 0 amide bonds. The highest BCUT2D eigenvalue weighted by atomic mass is 19.1. The van der Waals surface area contributed by atoms with Crippen molar-refractivity contribution in [2.75, 3.05) is 19.6 Å². The molecule has 0 saturated carbocycles. The maximum absolute atomic E-state index is 15.5. The minimum atomic E-state index is -1.52. The summed E-state index contributed by atoms with van der Waals surface area (Å²) < 4.78 is 51.4. The quantitative estimate of drug-likeness (QED) is 0.591. The largest absolute Gasteiger partial charge is 0.488 e. The van der Waals surface area contributed by atoms with Crippen LogP contribution in [-0.4, -0.2) is 47.3 Å². The third-order valence-electron chi connectivity index (χ3n) is 6.45. The molecule has 0 aliphatic carbocycles. The summed E-state index contributed by atoms with van der Waals surface area (Å²) in [5.74, 6) is -1.19. The number of halogens is 3. The average Bonchev–Trinajstić information content (AvgIpc) is 3.04. The third kappa shape index (κ3) is 3.77. The second kappa shape index (κ2) is 7.81. The molecule has 0 unspecified atom stereocenters. The van der Waals surface area contributed by atoms with E-state index in [4.69, 9.17) is 4.74 Å². The molecule has 3 aromatic rings. The lowest BCUT2D eigenvalue weighted by molar-refractivity contribution is 0.0641. The first-order valence-electron chi connectivity index (χ1n) is 11.1. The summed E-state index contributed by atoms with van der Waals surface area (Å²) >= 11 is 0. The van der Waals surface area contributed by atoms with Crippen LogP contribution < -0.4 is 10.1 Å². The number of aromatic amines is 1. The van der Waals surface area contributed by atoms with Crippen LogP contribution in [0.1, 0.15) is 43.6 Å². The van der Waals surface area contributed by atoms with Crippen LogP contribution in [0.25, 0.3) is 10.9 Å². The van der Waals surface area contributed by atoms with E-state index >= 15 is 8.78 Å². The molecule has 0 bridgehead atoms. The van der Waals surface area contributed by atoms with E-state index in [1.165, 1.54) is 26.0 Å². The molecule has 0 spiro atoms. The number of nitrogens with zero attached hydrogens (tertiary/aromatic N) is 1. The normalized spacial score (nSPS) is 22.1. The molecular weight excluding hydrogens is 415 g/mol. The Kier molecular flexibility index (Phi) is 5.21. The number of hydrogen-bond acceptors (Lipinski definition) is 3. The molecule has 7 heteroatoms. The molecule has 5 rings (SSSR count). The van der Waals surface area contributed by atoms with Crippen LogP contribution in [0, 0.1) is 11.6 Å². The number of alkyl halides is 1. The van der Waals surface area contributed by atoms with E-state index in [0.717, 1.165) is 22.2 Å². The van der Waals surface area contributed by atoms with Crippen LogP contribution in [0.4, 0.5) is 13.2 Å². The fourth-order valence-electron chi connectivity index (χ4n) is 4.93. The minimum absolute atomic E-state index is 0.0541. The van der Waals surface area contributed by atoms with Crippen molar-refractivity contribution in [2.24, 2.45) is 0 Å². The highest BCUT2D eigenvalue weighted by molar-refractivity contribution is 5.85. The van der Waals surface area contributed by atoms with E-state index in [9.17, 15) is 4.39 Å². The Morgan fingerprint density at radius 3 is 2.44 bits per heavy atom.